The van der Waals surface area contributed by atoms with Crippen molar-refractivity contribution in [2.75, 3.05) is 26.0 Å². The molecule has 2 N–H and O–H groups in total. The van der Waals surface area contributed by atoms with Crippen molar-refractivity contribution < 1.29 is 18.3 Å². The zero-order chi connectivity index (χ0) is 14.6. The zero-order valence-electron chi connectivity index (χ0n) is 11.8. The van der Waals surface area contributed by atoms with Crippen LogP contribution < -0.4 is 4.72 Å². The highest BCUT2D eigenvalue weighted by atomic mass is 32.2. The second-order valence-corrected chi connectivity index (χ2v) is 7.47. The normalized spacial score (nSPS) is 21.9. The summed E-state index contributed by atoms with van der Waals surface area (Å²) in [7, 11) is -3.41. The summed E-state index contributed by atoms with van der Waals surface area (Å²) < 4.78 is 25.1. The molecule has 1 rings (SSSR count). The summed E-state index contributed by atoms with van der Waals surface area (Å²) in [6.45, 7) is 5.06. The van der Waals surface area contributed by atoms with Gasteiger partial charge in [0.15, 0.2) is 0 Å². The molecular formula is C12H24N2O4S. The van der Waals surface area contributed by atoms with E-state index in [2.05, 4.69) is 4.72 Å². The maximum Gasteiger partial charge on any atom is 0.240 e. The largest absolute Gasteiger partial charge is 0.396 e. The SMILES string of the molecule is CC(C)CC(NS(C)(=O)=O)C(=O)N1CCC(CO)C1. The van der Waals surface area contributed by atoms with Crippen molar-refractivity contribution in [3.63, 3.8) is 0 Å². The van der Waals surface area contributed by atoms with Crippen LogP contribution >= 0.6 is 0 Å². The molecule has 1 saturated heterocycles. The molecular weight excluding hydrogens is 268 g/mol. The number of aliphatic hydroxyl groups excluding tert-OH is 1. The first kappa shape index (κ1) is 16.4. The Hall–Kier alpha value is -0.660. The molecule has 6 nitrogen and oxygen atoms in total. The van der Waals surface area contributed by atoms with Crippen molar-refractivity contribution in [2.45, 2.75) is 32.7 Å². The van der Waals surface area contributed by atoms with Gasteiger partial charge in [0.1, 0.15) is 6.04 Å². The molecule has 0 aromatic heterocycles. The van der Waals surface area contributed by atoms with E-state index in [-0.39, 0.29) is 24.3 Å². The van der Waals surface area contributed by atoms with Gasteiger partial charge in [-0.25, -0.2) is 13.1 Å². The summed E-state index contributed by atoms with van der Waals surface area (Å²) in [5, 5.41) is 9.09. The molecule has 1 amide bonds. The molecule has 0 radical (unpaired) electrons. The number of carbonyl (C=O) groups is 1. The Morgan fingerprint density at radius 1 is 1.47 bits per heavy atom. The molecule has 0 aliphatic carbocycles. The smallest absolute Gasteiger partial charge is 0.240 e. The molecule has 1 aliphatic heterocycles. The fourth-order valence-electron chi connectivity index (χ4n) is 2.33. The highest BCUT2D eigenvalue weighted by Crippen LogP contribution is 2.18. The number of nitrogens with one attached hydrogen (secondary N) is 1. The fraction of sp³-hybridized carbons (Fsp3) is 0.917. The number of likely N-dealkylation sites (tertiary alicyclic amines) is 1. The van der Waals surface area contributed by atoms with E-state index in [1.807, 2.05) is 13.8 Å². The summed E-state index contributed by atoms with van der Waals surface area (Å²) in [4.78, 5) is 14.0. The molecule has 1 aliphatic rings. The molecule has 1 heterocycles. The predicted octanol–water partition coefficient (Wildman–Crippen LogP) is -0.209. The number of rotatable bonds is 6. The Balaban J connectivity index is 2.71. The Morgan fingerprint density at radius 3 is 2.53 bits per heavy atom. The summed E-state index contributed by atoms with van der Waals surface area (Å²) >= 11 is 0. The molecule has 2 atom stereocenters. The van der Waals surface area contributed by atoms with E-state index in [4.69, 9.17) is 5.11 Å². The number of hydrogen-bond acceptors (Lipinski definition) is 4. The lowest BCUT2D eigenvalue weighted by Crippen LogP contribution is -2.48. The average molecular weight is 292 g/mol. The van der Waals surface area contributed by atoms with E-state index < -0.39 is 16.1 Å². The quantitative estimate of drug-likeness (QED) is 0.709. The van der Waals surface area contributed by atoms with Crippen molar-refractivity contribution in [1.29, 1.82) is 0 Å². The van der Waals surface area contributed by atoms with Crippen LogP contribution in [0, 0.1) is 11.8 Å². The molecule has 2 unspecified atom stereocenters. The van der Waals surface area contributed by atoms with Gasteiger partial charge >= 0.3 is 0 Å². The van der Waals surface area contributed by atoms with Gasteiger partial charge in [0.05, 0.1) is 6.26 Å². The van der Waals surface area contributed by atoms with E-state index in [0.29, 0.717) is 19.5 Å². The van der Waals surface area contributed by atoms with Crippen LogP contribution in [-0.2, 0) is 14.8 Å². The van der Waals surface area contributed by atoms with Gasteiger partial charge in [0.25, 0.3) is 0 Å². The van der Waals surface area contributed by atoms with Gasteiger partial charge < -0.3 is 10.0 Å². The first-order valence-electron chi connectivity index (χ1n) is 6.60. The van der Waals surface area contributed by atoms with Crippen molar-refractivity contribution in [3.8, 4) is 0 Å². The predicted molar refractivity (Wildman–Crippen MR) is 73.0 cm³/mol. The number of aliphatic hydroxyl groups is 1. The van der Waals surface area contributed by atoms with Crippen LogP contribution in [-0.4, -0.2) is 56.3 Å². The highest BCUT2D eigenvalue weighted by molar-refractivity contribution is 7.88. The summed E-state index contributed by atoms with van der Waals surface area (Å²) in [5.41, 5.74) is 0. The molecule has 0 bridgehead atoms. The molecule has 0 aromatic carbocycles. The second kappa shape index (κ2) is 6.67. The number of nitrogens with zero attached hydrogens (tertiary/aromatic N) is 1. The third kappa shape index (κ3) is 5.46. The monoisotopic (exact) mass is 292 g/mol. The van der Waals surface area contributed by atoms with Gasteiger partial charge in [-0.3, -0.25) is 4.79 Å². The lowest BCUT2D eigenvalue weighted by molar-refractivity contribution is -0.132. The molecule has 1 fully saturated rings. The van der Waals surface area contributed by atoms with E-state index in [9.17, 15) is 13.2 Å². The maximum atomic E-state index is 12.3. The van der Waals surface area contributed by atoms with Crippen LogP contribution in [0.3, 0.4) is 0 Å². The lowest BCUT2D eigenvalue weighted by Gasteiger charge is -2.24. The molecule has 19 heavy (non-hydrogen) atoms. The molecule has 0 saturated carbocycles. The van der Waals surface area contributed by atoms with E-state index >= 15 is 0 Å². The summed E-state index contributed by atoms with van der Waals surface area (Å²) in [6.07, 6.45) is 2.32. The first-order chi connectivity index (χ1) is 8.73. The van der Waals surface area contributed by atoms with Gasteiger partial charge in [-0.2, -0.15) is 0 Å². The minimum Gasteiger partial charge on any atom is -0.396 e. The van der Waals surface area contributed by atoms with Crippen LogP contribution in [0.4, 0.5) is 0 Å². The standard InChI is InChI=1S/C12H24N2O4S/c1-9(2)6-11(13-19(3,17)18)12(16)14-5-4-10(7-14)8-15/h9-11,13,15H,4-8H2,1-3H3. The Bertz CT molecular complexity index is 408. The van der Waals surface area contributed by atoms with Gasteiger partial charge in [-0.05, 0) is 18.8 Å². The molecule has 0 aromatic rings. The van der Waals surface area contributed by atoms with E-state index in [0.717, 1.165) is 12.7 Å². The minimum atomic E-state index is -3.41. The number of hydrogen-bond donors (Lipinski definition) is 2. The molecule has 7 heteroatoms. The third-order valence-electron chi connectivity index (χ3n) is 3.22. The lowest BCUT2D eigenvalue weighted by atomic mass is 10.0. The van der Waals surface area contributed by atoms with Crippen LogP contribution in [0.15, 0.2) is 0 Å². The summed E-state index contributed by atoms with van der Waals surface area (Å²) in [6, 6.07) is -0.701. The van der Waals surface area contributed by atoms with E-state index in [1.54, 1.807) is 4.90 Å². The maximum absolute atomic E-state index is 12.3. The topological polar surface area (TPSA) is 86.7 Å². The Kier molecular flexibility index (Phi) is 5.76. The van der Waals surface area contributed by atoms with Crippen molar-refractivity contribution in [2.24, 2.45) is 11.8 Å². The molecule has 0 spiro atoms. The minimum absolute atomic E-state index is 0.0676. The third-order valence-corrected chi connectivity index (χ3v) is 3.93. The van der Waals surface area contributed by atoms with Gasteiger partial charge in [0.2, 0.25) is 15.9 Å². The number of carbonyl (C=O) groups excluding carboxylic acids is 1. The summed E-state index contributed by atoms with van der Waals surface area (Å²) in [5.74, 6) is 0.149. The van der Waals surface area contributed by atoms with Gasteiger partial charge in [0, 0.05) is 25.6 Å². The average Bonchev–Trinajstić information content (AvgIpc) is 2.73. The van der Waals surface area contributed by atoms with Crippen LogP contribution in [0.5, 0.6) is 0 Å². The number of sulfonamides is 1. The first-order valence-corrected chi connectivity index (χ1v) is 8.49. The second-order valence-electron chi connectivity index (χ2n) is 5.69. The molecule has 112 valence electrons. The zero-order valence-corrected chi connectivity index (χ0v) is 12.6. The van der Waals surface area contributed by atoms with Crippen LogP contribution in [0.25, 0.3) is 0 Å². The van der Waals surface area contributed by atoms with E-state index in [1.165, 1.54) is 0 Å². The van der Waals surface area contributed by atoms with Crippen molar-refractivity contribution in [3.05, 3.63) is 0 Å². The van der Waals surface area contributed by atoms with Gasteiger partial charge in [-0.1, -0.05) is 13.8 Å². The van der Waals surface area contributed by atoms with Crippen LogP contribution in [0.2, 0.25) is 0 Å². The number of amides is 1. The Labute approximate surface area is 115 Å². The van der Waals surface area contributed by atoms with Gasteiger partial charge in [-0.15, -0.1) is 0 Å². The van der Waals surface area contributed by atoms with Crippen molar-refractivity contribution >= 4 is 15.9 Å². The van der Waals surface area contributed by atoms with Crippen molar-refractivity contribution in [1.82, 2.24) is 9.62 Å². The van der Waals surface area contributed by atoms with Crippen LogP contribution in [0.1, 0.15) is 26.7 Å². The highest BCUT2D eigenvalue weighted by Gasteiger charge is 2.32. The Morgan fingerprint density at radius 2 is 2.11 bits per heavy atom. The fourth-order valence-corrected chi connectivity index (χ4v) is 3.05.